The lowest BCUT2D eigenvalue weighted by atomic mass is 9.77. The van der Waals surface area contributed by atoms with Gasteiger partial charge in [0.25, 0.3) is 0 Å². The zero-order valence-electron chi connectivity index (χ0n) is 10.1. The third-order valence-electron chi connectivity index (χ3n) is 3.09. The molecule has 0 saturated carbocycles. The molecule has 1 heterocycles. The van der Waals surface area contributed by atoms with E-state index < -0.39 is 5.97 Å². The summed E-state index contributed by atoms with van der Waals surface area (Å²) in [4.78, 5) is 10.3. The summed E-state index contributed by atoms with van der Waals surface area (Å²) in [6.07, 6.45) is 0.897. The number of hydrogen-bond acceptors (Lipinski definition) is 5. The van der Waals surface area contributed by atoms with Gasteiger partial charge in [0.1, 0.15) is 13.2 Å². The van der Waals surface area contributed by atoms with Crippen molar-refractivity contribution in [3.63, 3.8) is 0 Å². The third kappa shape index (κ3) is 2.34. The summed E-state index contributed by atoms with van der Waals surface area (Å²) in [5, 5.41) is 16.3. The molecule has 0 fully saturated rings. The van der Waals surface area contributed by atoms with Crippen LogP contribution in [0.1, 0.15) is 28.8 Å². The molecule has 1 aromatic heterocycles. The van der Waals surface area contributed by atoms with E-state index in [0.717, 1.165) is 6.42 Å². The summed E-state index contributed by atoms with van der Waals surface area (Å²) < 4.78 is 10.4. The molecule has 0 saturated heterocycles. The van der Waals surface area contributed by atoms with Crippen LogP contribution in [0, 0.1) is 0 Å². The standard InChI is InChI=1S/C13H12N2O4/c16-12(17)7-18-6-11-14-15-13(19-11)10-5-8-3-1-2-4-9(8)10/h1-4,10H,5-7H2,(H,16,17). The minimum Gasteiger partial charge on any atom is -0.480 e. The van der Waals surface area contributed by atoms with Crippen LogP contribution in [0.2, 0.25) is 0 Å². The normalized spacial score (nSPS) is 16.7. The highest BCUT2D eigenvalue weighted by Crippen LogP contribution is 2.39. The number of aromatic nitrogens is 2. The summed E-state index contributed by atoms with van der Waals surface area (Å²) in [5.74, 6) is -0.00200. The highest BCUT2D eigenvalue weighted by Gasteiger charge is 2.31. The Labute approximate surface area is 109 Å². The number of fused-ring (bicyclic) bond motifs is 1. The van der Waals surface area contributed by atoms with Crippen LogP contribution >= 0.6 is 0 Å². The highest BCUT2D eigenvalue weighted by molar-refractivity contribution is 5.67. The van der Waals surface area contributed by atoms with Gasteiger partial charge in [-0.3, -0.25) is 0 Å². The van der Waals surface area contributed by atoms with Gasteiger partial charge in [0.15, 0.2) is 0 Å². The number of hydrogen-bond donors (Lipinski definition) is 1. The molecule has 1 unspecified atom stereocenters. The molecule has 0 bridgehead atoms. The Morgan fingerprint density at radius 1 is 1.42 bits per heavy atom. The number of carboxylic acid groups (broad SMARTS) is 1. The maximum absolute atomic E-state index is 10.3. The van der Waals surface area contributed by atoms with Gasteiger partial charge in [0, 0.05) is 0 Å². The predicted molar refractivity (Wildman–Crippen MR) is 63.6 cm³/mol. The minimum absolute atomic E-state index is 0.0215. The Morgan fingerprint density at radius 2 is 2.26 bits per heavy atom. The lowest BCUT2D eigenvalue weighted by molar-refractivity contribution is -0.142. The Bertz CT molecular complexity index is 608. The maximum atomic E-state index is 10.3. The summed E-state index contributed by atoms with van der Waals surface area (Å²) in [7, 11) is 0. The number of rotatable bonds is 5. The first-order valence-electron chi connectivity index (χ1n) is 5.93. The monoisotopic (exact) mass is 260 g/mol. The average molecular weight is 260 g/mol. The maximum Gasteiger partial charge on any atom is 0.329 e. The van der Waals surface area contributed by atoms with Gasteiger partial charge in [0.05, 0.1) is 5.92 Å². The fourth-order valence-corrected chi connectivity index (χ4v) is 2.17. The third-order valence-corrected chi connectivity index (χ3v) is 3.09. The van der Waals surface area contributed by atoms with Crippen molar-refractivity contribution in [2.75, 3.05) is 6.61 Å². The Hall–Kier alpha value is -2.21. The number of nitrogens with zero attached hydrogens (tertiary/aromatic N) is 2. The lowest BCUT2D eigenvalue weighted by Gasteiger charge is -2.26. The van der Waals surface area contributed by atoms with E-state index in [1.165, 1.54) is 11.1 Å². The van der Waals surface area contributed by atoms with E-state index >= 15 is 0 Å². The minimum atomic E-state index is -1.02. The molecule has 6 nitrogen and oxygen atoms in total. The van der Waals surface area contributed by atoms with E-state index in [1.807, 2.05) is 18.2 Å². The number of carbonyl (C=O) groups is 1. The molecule has 0 aliphatic heterocycles. The second-order valence-corrected chi connectivity index (χ2v) is 4.38. The highest BCUT2D eigenvalue weighted by atomic mass is 16.5. The molecular formula is C13H12N2O4. The van der Waals surface area contributed by atoms with Gasteiger partial charge in [-0.15, -0.1) is 10.2 Å². The summed E-state index contributed by atoms with van der Waals surface area (Å²) in [5.41, 5.74) is 2.51. The molecule has 19 heavy (non-hydrogen) atoms. The van der Waals surface area contributed by atoms with Gasteiger partial charge in [-0.1, -0.05) is 24.3 Å². The molecule has 1 aliphatic carbocycles. The Morgan fingerprint density at radius 3 is 3.05 bits per heavy atom. The number of ether oxygens (including phenoxy) is 1. The van der Waals surface area contributed by atoms with Crippen LogP contribution < -0.4 is 0 Å². The first kappa shape index (κ1) is 11.9. The Balaban J connectivity index is 1.65. The Kier molecular flexibility index (Phi) is 3.00. The van der Waals surface area contributed by atoms with Gasteiger partial charge >= 0.3 is 5.97 Å². The molecule has 1 aliphatic rings. The molecular weight excluding hydrogens is 248 g/mol. The first-order valence-corrected chi connectivity index (χ1v) is 5.93. The van der Waals surface area contributed by atoms with Crippen molar-refractivity contribution < 1.29 is 19.1 Å². The van der Waals surface area contributed by atoms with Crippen molar-refractivity contribution >= 4 is 5.97 Å². The van der Waals surface area contributed by atoms with E-state index in [-0.39, 0.29) is 19.1 Å². The van der Waals surface area contributed by atoms with Crippen molar-refractivity contribution in [3.8, 4) is 0 Å². The van der Waals surface area contributed by atoms with Crippen molar-refractivity contribution in [3.05, 3.63) is 47.2 Å². The van der Waals surface area contributed by atoms with Crippen LogP contribution in [-0.2, 0) is 22.6 Å². The van der Waals surface area contributed by atoms with Gasteiger partial charge in [-0.25, -0.2) is 4.79 Å². The van der Waals surface area contributed by atoms with E-state index in [4.69, 9.17) is 14.3 Å². The van der Waals surface area contributed by atoms with E-state index in [0.29, 0.717) is 11.8 Å². The van der Waals surface area contributed by atoms with Crippen LogP contribution in [0.25, 0.3) is 0 Å². The van der Waals surface area contributed by atoms with Gasteiger partial charge in [0.2, 0.25) is 11.8 Å². The second-order valence-electron chi connectivity index (χ2n) is 4.38. The molecule has 1 atom stereocenters. The number of carboxylic acids is 1. The van der Waals surface area contributed by atoms with E-state index in [9.17, 15) is 4.79 Å². The van der Waals surface area contributed by atoms with Crippen LogP contribution in [0.4, 0.5) is 0 Å². The fraction of sp³-hybridized carbons (Fsp3) is 0.308. The van der Waals surface area contributed by atoms with Crippen molar-refractivity contribution in [1.82, 2.24) is 10.2 Å². The van der Waals surface area contributed by atoms with Gasteiger partial charge in [-0.05, 0) is 17.5 Å². The van der Waals surface area contributed by atoms with Crippen LogP contribution in [-0.4, -0.2) is 27.9 Å². The smallest absolute Gasteiger partial charge is 0.329 e. The summed E-state index contributed by atoms with van der Waals surface area (Å²) in [6.45, 7) is -0.350. The topological polar surface area (TPSA) is 85.5 Å². The number of benzene rings is 1. The fourth-order valence-electron chi connectivity index (χ4n) is 2.17. The van der Waals surface area contributed by atoms with Crippen molar-refractivity contribution in [2.24, 2.45) is 0 Å². The van der Waals surface area contributed by atoms with E-state index in [1.54, 1.807) is 0 Å². The molecule has 6 heteroatoms. The largest absolute Gasteiger partial charge is 0.480 e. The molecule has 2 aromatic rings. The average Bonchev–Trinajstić information content (AvgIpc) is 2.79. The van der Waals surface area contributed by atoms with Gasteiger partial charge < -0.3 is 14.3 Å². The molecule has 0 amide bonds. The lowest BCUT2D eigenvalue weighted by Crippen LogP contribution is -2.18. The van der Waals surface area contributed by atoms with Crippen LogP contribution in [0.5, 0.6) is 0 Å². The number of aliphatic carboxylic acids is 1. The molecule has 1 aromatic carbocycles. The molecule has 0 radical (unpaired) electrons. The quantitative estimate of drug-likeness (QED) is 0.873. The summed E-state index contributed by atoms with van der Waals surface area (Å²) in [6, 6.07) is 8.12. The van der Waals surface area contributed by atoms with Crippen molar-refractivity contribution in [2.45, 2.75) is 18.9 Å². The summed E-state index contributed by atoms with van der Waals surface area (Å²) >= 11 is 0. The molecule has 1 N–H and O–H groups in total. The molecule has 3 rings (SSSR count). The van der Waals surface area contributed by atoms with E-state index in [2.05, 4.69) is 16.3 Å². The van der Waals surface area contributed by atoms with Crippen molar-refractivity contribution in [1.29, 1.82) is 0 Å². The predicted octanol–water partition coefficient (Wildman–Crippen LogP) is 1.36. The van der Waals surface area contributed by atoms with Crippen LogP contribution in [0.15, 0.2) is 28.7 Å². The first-order chi connectivity index (χ1) is 9.24. The molecule has 0 spiro atoms. The van der Waals surface area contributed by atoms with Gasteiger partial charge in [-0.2, -0.15) is 0 Å². The van der Waals surface area contributed by atoms with Crippen LogP contribution in [0.3, 0.4) is 0 Å². The second kappa shape index (κ2) is 4.81. The zero-order valence-corrected chi connectivity index (χ0v) is 10.1. The molecule has 98 valence electrons. The zero-order chi connectivity index (χ0) is 13.2. The SMILES string of the molecule is O=C(O)COCc1nnc(C2Cc3ccccc32)o1.